The van der Waals surface area contributed by atoms with E-state index in [0.29, 0.717) is 18.4 Å². The summed E-state index contributed by atoms with van der Waals surface area (Å²) in [6.45, 7) is 6.58. The highest BCUT2D eigenvalue weighted by Gasteiger charge is 2.62. The second-order valence-corrected chi connectivity index (χ2v) is 8.83. The van der Waals surface area contributed by atoms with Gasteiger partial charge in [-0.05, 0) is 31.4 Å². The van der Waals surface area contributed by atoms with E-state index in [1.54, 1.807) is 12.4 Å². The number of aryl methyl sites for hydroxylation is 1. The predicted octanol–water partition coefficient (Wildman–Crippen LogP) is 1.90. The molecule has 2 bridgehead atoms. The number of ether oxygens (including phenoxy) is 1. The fourth-order valence-electron chi connectivity index (χ4n) is 5.52. The van der Waals surface area contributed by atoms with Crippen LogP contribution >= 0.6 is 0 Å². The molecule has 4 atom stereocenters. The minimum atomic E-state index is -0.0337. The molecule has 1 spiro atoms. The van der Waals surface area contributed by atoms with Gasteiger partial charge in [0.05, 0.1) is 11.7 Å². The highest BCUT2D eigenvalue weighted by atomic mass is 16.5. The molecule has 3 aliphatic heterocycles. The van der Waals surface area contributed by atoms with Crippen molar-refractivity contribution in [2.45, 2.75) is 38.0 Å². The quantitative estimate of drug-likeness (QED) is 0.710. The maximum Gasteiger partial charge on any atom is 0.244 e. The molecule has 0 unspecified atom stereocenters. The van der Waals surface area contributed by atoms with Crippen molar-refractivity contribution in [3.63, 3.8) is 0 Å². The van der Waals surface area contributed by atoms with Gasteiger partial charge < -0.3 is 14.6 Å². The van der Waals surface area contributed by atoms with E-state index in [4.69, 9.17) is 4.74 Å². The molecular weight excluding hydrogens is 378 g/mol. The van der Waals surface area contributed by atoms with Gasteiger partial charge in [0.15, 0.2) is 0 Å². The van der Waals surface area contributed by atoms with Crippen LogP contribution in [0.15, 0.2) is 42.7 Å². The van der Waals surface area contributed by atoms with Gasteiger partial charge in [-0.3, -0.25) is 9.69 Å². The van der Waals surface area contributed by atoms with Crippen LogP contribution in [0.5, 0.6) is 0 Å². The lowest BCUT2D eigenvalue weighted by Gasteiger charge is -2.29. The zero-order chi connectivity index (χ0) is 20.6. The fourth-order valence-corrected chi connectivity index (χ4v) is 5.52. The zero-order valence-electron chi connectivity index (χ0n) is 17.4. The SMILES string of the molecule is Cc1nncn1CCN1C[C@@H]2[C@H](CNC(=O)/C=C/c3ccccc3)[C@H]3CC[C@]2(C1)O3. The Morgan fingerprint density at radius 1 is 1.33 bits per heavy atom. The van der Waals surface area contributed by atoms with Crippen molar-refractivity contribution in [2.24, 2.45) is 11.8 Å². The first kappa shape index (κ1) is 19.5. The number of nitrogens with zero attached hydrogens (tertiary/aromatic N) is 4. The number of nitrogens with one attached hydrogen (secondary N) is 1. The van der Waals surface area contributed by atoms with Crippen molar-refractivity contribution in [2.75, 3.05) is 26.2 Å². The molecule has 3 saturated heterocycles. The van der Waals surface area contributed by atoms with Gasteiger partial charge in [-0.1, -0.05) is 30.3 Å². The van der Waals surface area contributed by atoms with Crippen LogP contribution in [0.1, 0.15) is 24.2 Å². The Hall–Kier alpha value is -2.51. The molecule has 30 heavy (non-hydrogen) atoms. The molecule has 7 nitrogen and oxygen atoms in total. The Morgan fingerprint density at radius 3 is 3.00 bits per heavy atom. The molecule has 2 aromatic rings. The number of fused-ring (bicyclic) bond motifs is 1. The van der Waals surface area contributed by atoms with E-state index >= 15 is 0 Å². The Labute approximate surface area is 177 Å². The van der Waals surface area contributed by atoms with Crippen LogP contribution in [0.2, 0.25) is 0 Å². The molecule has 3 fully saturated rings. The summed E-state index contributed by atoms with van der Waals surface area (Å²) < 4.78 is 8.60. The minimum Gasteiger partial charge on any atom is -0.370 e. The standard InChI is InChI=1S/C23H29N5O2/c1-17-26-25-16-28(17)12-11-27-14-20-19(21-9-10-23(20,15-27)30-21)13-24-22(29)8-7-18-5-3-2-4-6-18/h2-8,16,19-21H,9-15H2,1H3,(H,24,29)/b8-7+/t19-,20+,21+,23+/m0/s1. The van der Waals surface area contributed by atoms with E-state index in [1.807, 2.05) is 43.3 Å². The molecule has 7 heteroatoms. The molecule has 1 N–H and O–H groups in total. The summed E-state index contributed by atoms with van der Waals surface area (Å²) in [5, 5.41) is 11.2. The smallest absolute Gasteiger partial charge is 0.244 e. The first-order chi connectivity index (χ1) is 14.6. The largest absolute Gasteiger partial charge is 0.370 e. The van der Waals surface area contributed by atoms with Crippen molar-refractivity contribution in [3.05, 3.63) is 54.1 Å². The highest BCUT2D eigenvalue weighted by molar-refractivity contribution is 5.91. The number of carbonyl (C=O) groups excluding carboxylic acids is 1. The van der Waals surface area contributed by atoms with E-state index in [0.717, 1.165) is 50.4 Å². The third kappa shape index (κ3) is 3.68. The summed E-state index contributed by atoms with van der Waals surface area (Å²) in [6, 6.07) is 9.90. The minimum absolute atomic E-state index is 0.0117. The molecule has 0 radical (unpaired) electrons. The number of likely N-dealkylation sites (tertiary alicyclic amines) is 1. The van der Waals surface area contributed by atoms with Gasteiger partial charge in [0.1, 0.15) is 12.2 Å². The van der Waals surface area contributed by atoms with Crippen molar-refractivity contribution in [3.8, 4) is 0 Å². The van der Waals surface area contributed by atoms with E-state index in [9.17, 15) is 4.79 Å². The van der Waals surface area contributed by atoms with Crippen molar-refractivity contribution >= 4 is 12.0 Å². The number of carbonyl (C=O) groups is 1. The van der Waals surface area contributed by atoms with Crippen molar-refractivity contribution in [1.29, 1.82) is 0 Å². The number of aromatic nitrogens is 3. The van der Waals surface area contributed by atoms with Gasteiger partial charge >= 0.3 is 0 Å². The maximum atomic E-state index is 12.3. The second-order valence-electron chi connectivity index (χ2n) is 8.83. The summed E-state index contributed by atoms with van der Waals surface area (Å²) in [6.07, 6.45) is 7.82. The predicted molar refractivity (Wildman–Crippen MR) is 114 cm³/mol. The topological polar surface area (TPSA) is 72.3 Å². The molecule has 158 valence electrons. The molecular formula is C23H29N5O2. The van der Waals surface area contributed by atoms with Crippen LogP contribution < -0.4 is 5.32 Å². The number of amides is 1. The number of hydrogen-bond acceptors (Lipinski definition) is 5. The van der Waals surface area contributed by atoms with Crippen LogP contribution in [0.4, 0.5) is 0 Å². The van der Waals surface area contributed by atoms with Crippen LogP contribution in [0.25, 0.3) is 6.08 Å². The average molecular weight is 408 g/mol. The first-order valence-electron chi connectivity index (χ1n) is 10.9. The van der Waals surface area contributed by atoms with Gasteiger partial charge in [-0.25, -0.2) is 0 Å². The van der Waals surface area contributed by atoms with Crippen LogP contribution in [0, 0.1) is 18.8 Å². The third-order valence-corrected chi connectivity index (χ3v) is 7.06. The summed E-state index contributed by atoms with van der Waals surface area (Å²) in [7, 11) is 0. The van der Waals surface area contributed by atoms with Gasteiger partial charge in [-0.15, -0.1) is 10.2 Å². The molecule has 0 aliphatic carbocycles. The van der Waals surface area contributed by atoms with Crippen LogP contribution in [-0.4, -0.2) is 63.5 Å². The molecule has 1 amide bonds. The lowest BCUT2D eigenvalue weighted by molar-refractivity contribution is -0.116. The number of rotatable bonds is 7. The number of benzene rings is 1. The Morgan fingerprint density at radius 2 is 2.20 bits per heavy atom. The molecule has 4 heterocycles. The van der Waals surface area contributed by atoms with E-state index < -0.39 is 0 Å². The van der Waals surface area contributed by atoms with Crippen LogP contribution in [-0.2, 0) is 16.1 Å². The summed E-state index contributed by atoms with van der Waals surface area (Å²) in [4.78, 5) is 14.8. The number of hydrogen-bond donors (Lipinski definition) is 1. The lowest BCUT2D eigenvalue weighted by atomic mass is 9.73. The maximum absolute atomic E-state index is 12.3. The van der Waals surface area contributed by atoms with Crippen molar-refractivity contribution in [1.82, 2.24) is 25.0 Å². The fraction of sp³-hybridized carbons (Fsp3) is 0.522. The van der Waals surface area contributed by atoms with Gasteiger partial charge in [0.2, 0.25) is 5.91 Å². The van der Waals surface area contributed by atoms with Crippen molar-refractivity contribution < 1.29 is 9.53 Å². The Balaban J connectivity index is 1.16. The highest BCUT2D eigenvalue weighted by Crippen LogP contribution is 2.54. The van der Waals surface area contributed by atoms with E-state index in [2.05, 4.69) is 25.0 Å². The summed E-state index contributed by atoms with van der Waals surface area (Å²) >= 11 is 0. The van der Waals surface area contributed by atoms with E-state index in [-0.39, 0.29) is 17.6 Å². The second kappa shape index (κ2) is 7.96. The molecule has 1 aromatic heterocycles. The summed E-state index contributed by atoms with van der Waals surface area (Å²) in [5.41, 5.74) is 1.02. The third-order valence-electron chi connectivity index (χ3n) is 7.06. The van der Waals surface area contributed by atoms with Gasteiger partial charge in [-0.2, -0.15) is 0 Å². The zero-order valence-corrected chi connectivity index (χ0v) is 17.4. The molecule has 1 aromatic carbocycles. The average Bonchev–Trinajstić information content (AvgIpc) is 3.50. The normalized spacial score (nSPS) is 30.2. The van der Waals surface area contributed by atoms with Gasteiger partial charge in [0.25, 0.3) is 0 Å². The van der Waals surface area contributed by atoms with E-state index in [1.165, 1.54) is 0 Å². The lowest BCUT2D eigenvalue weighted by Crippen LogP contribution is -2.41. The first-order valence-corrected chi connectivity index (χ1v) is 10.9. The summed E-state index contributed by atoms with van der Waals surface area (Å²) in [5.74, 6) is 1.81. The monoisotopic (exact) mass is 407 g/mol. The molecule has 0 saturated carbocycles. The Kier molecular flexibility index (Phi) is 5.16. The van der Waals surface area contributed by atoms with Crippen LogP contribution in [0.3, 0.4) is 0 Å². The molecule has 3 aliphatic rings. The Bertz CT molecular complexity index is 927. The van der Waals surface area contributed by atoms with Gasteiger partial charge in [0, 0.05) is 50.6 Å². The molecule has 5 rings (SSSR count).